The fourth-order valence-electron chi connectivity index (χ4n) is 3.05. The molecule has 0 unspecified atom stereocenters. The Labute approximate surface area is 169 Å². The second-order valence-corrected chi connectivity index (χ2v) is 6.78. The number of nitro benzene ring substituents is 1. The molecular formula is C21H25N3O5. The number of aryl methyl sites for hydroxylation is 1. The quantitative estimate of drug-likeness (QED) is 0.410. The fraction of sp³-hybridized carbons (Fsp3) is 0.333. The topological polar surface area (TPSA) is 102 Å². The third-order valence-corrected chi connectivity index (χ3v) is 4.42. The summed E-state index contributed by atoms with van der Waals surface area (Å²) in [5.41, 5.74) is 1.45. The predicted molar refractivity (Wildman–Crippen MR) is 111 cm³/mol. The molecule has 0 bridgehead atoms. The number of ether oxygens (including phenoxy) is 1. The Balaban J connectivity index is 1.98. The standard InChI is InChI=1S/C21H25N3O5/c1-5-23(14(2)3)17-11-9-16(10-12-17)22-19(25)13-29-21(26)18-8-6-7-15(4)20(18)24(27)28/h6-12,14H,5,13H2,1-4H3,(H,22,25). The normalized spacial score (nSPS) is 10.5. The second-order valence-electron chi connectivity index (χ2n) is 6.78. The molecular weight excluding hydrogens is 374 g/mol. The largest absolute Gasteiger partial charge is 0.452 e. The highest BCUT2D eigenvalue weighted by atomic mass is 16.6. The highest BCUT2D eigenvalue weighted by molar-refractivity contribution is 5.97. The third-order valence-electron chi connectivity index (χ3n) is 4.42. The number of esters is 1. The molecule has 8 nitrogen and oxygen atoms in total. The van der Waals surface area contributed by atoms with Crippen molar-refractivity contribution >= 4 is 28.9 Å². The van der Waals surface area contributed by atoms with E-state index in [1.807, 2.05) is 12.1 Å². The summed E-state index contributed by atoms with van der Waals surface area (Å²) in [7, 11) is 0. The number of hydrogen-bond donors (Lipinski definition) is 1. The first-order valence-electron chi connectivity index (χ1n) is 9.32. The first-order chi connectivity index (χ1) is 13.7. The smallest absolute Gasteiger partial charge is 0.345 e. The van der Waals surface area contributed by atoms with Crippen LogP contribution in [0.1, 0.15) is 36.7 Å². The lowest BCUT2D eigenvalue weighted by atomic mass is 10.1. The van der Waals surface area contributed by atoms with Crippen molar-refractivity contribution in [3.8, 4) is 0 Å². The summed E-state index contributed by atoms with van der Waals surface area (Å²) < 4.78 is 4.96. The molecule has 0 aromatic heterocycles. The lowest BCUT2D eigenvalue weighted by molar-refractivity contribution is -0.385. The first kappa shape index (κ1) is 21.9. The van der Waals surface area contributed by atoms with Crippen molar-refractivity contribution in [3.63, 3.8) is 0 Å². The molecule has 1 amide bonds. The third kappa shape index (κ3) is 5.54. The van der Waals surface area contributed by atoms with Gasteiger partial charge in [-0.2, -0.15) is 0 Å². The summed E-state index contributed by atoms with van der Waals surface area (Å²) in [6.07, 6.45) is 0. The van der Waals surface area contributed by atoms with Crippen LogP contribution >= 0.6 is 0 Å². The molecule has 2 aromatic rings. The minimum Gasteiger partial charge on any atom is -0.452 e. The molecule has 0 fully saturated rings. The summed E-state index contributed by atoms with van der Waals surface area (Å²) >= 11 is 0. The minimum atomic E-state index is -0.915. The number of nitrogens with zero attached hydrogens (tertiary/aromatic N) is 2. The van der Waals surface area contributed by atoms with Gasteiger partial charge in [-0.05, 0) is 58.0 Å². The van der Waals surface area contributed by atoms with E-state index in [0.717, 1.165) is 12.2 Å². The Morgan fingerprint density at radius 2 is 1.83 bits per heavy atom. The molecule has 154 valence electrons. The lowest BCUT2D eigenvalue weighted by Gasteiger charge is -2.27. The van der Waals surface area contributed by atoms with Crippen LogP contribution in [0.3, 0.4) is 0 Å². The number of rotatable bonds is 8. The summed E-state index contributed by atoms with van der Waals surface area (Å²) in [6.45, 7) is 8.13. The van der Waals surface area contributed by atoms with E-state index in [-0.39, 0.29) is 11.3 Å². The van der Waals surface area contributed by atoms with Gasteiger partial charge >= 0.3 is 5.97 Å². The van der Waals surface area contributed by atoms with E-state index < -0.39 is 23.4 Å². The molecule has 2 rings (SSSR count). The summed E-state index contributed by atoms with van der Waals surface area (Å²) in [5, 5.41) is 13.8. The Kier molecular flexibility index (Phi) is 7.30. The fourth-order valence-corrected chi connectivity index (χ4v) is 3.05. The van der Waals surface area contributed by atoms with Crippen LogP contribution in [0, 0.1) is 17.0 Å². The number of nitro groups is 1. The maximum absolute atomic E-state index is 12.2. The second kappa shape index (κ2) is 9.68. The molecule has 0 saturated carbocycles. The molecule has 0 heterocycles. The number of hydrogen-bond acceptors (Lipinski definition) is 6. The number of nitrogens with one attached hydrogen (secondary N) is 1. The van der Waals surface area contributed by atoms with Gasteiger partial charge in [-0.3, -0.25) is 14.9 Å². The molecule has 0 saturated heterocycles. The number of anilines is 2. The number of benzene rings is 2. The van der Waals surface area contributed by atoms with Gasteiger partial charge in [0.15, 0.2) is 6.61 Å². The van der Waals surface area contributed by atoms with Crippen LogP contribution in [0.15, 0.2) is 42.5 Å². The van der Waals surface area contributed by atoms with E-state index in [1.165, 1.54) is 25.1 Å². The van der Waals surface area contributed by atoms with Gasteiger partial charge in [-0.25, -0.2) is 4.79 Å². The predicted octanol–water partition coefficient (Wildman–Crippen LogP) is 3.93. The first-order valence-corrected chi connectivity index (χ1v) is 9.32. The van der Waals surface area contributed by atoms with E-state index in [1.54, 1.807) is 12.1 Å². The Morgan fingerprint density at radius 1 is 1.17 bits per heavy atom. The summed E-state index contributed by atoms with van der Waals surface area (Å²) in [4.78, 5) is 37.0. The molecule has 0 radical (unpaired) electrons. The van der Waals surface area contributed by atoms with Crippen molar-refractivity contribution in [2.75, 3.05) is 23.4 Å². The number of carbonyl (C=O) groups is 2. The van der Waals surface area contributed by atoms with Crippen LogP contribution in [0.2, 0.25) is 0 Å². The van der Waals surface area contributed by atoms with Gasteiger partial charge < -0.3 is 15.0 Å². The van der Waals surface area contributed by atoms with Crippen LogP contribution in [0.5, 0.6) is 0 Å². The van der Waals surface area contributed by atoms with E-state index >= 15 is 0 Å². The van der Waals surface area contributed by atoms with E-state index in [2.05, 4.69) is 31.0 Å². The highest BCUT2D eigenvalue weighted by Crippen LogP contribution is 2.24. The van der Waals surface area contributed by atoms with Crippen LogP contribution in [0.25, 0.3) is 0 Å². The van der Waals surface area contributed by atoms with Crippen LogP contribution < -0.4 is 10.2 Å². The molecule has 0 atom stereocenters. The Bertz CT molecular complexity index is 894. The molecule has 0 spiro atoms. The van der Waals surface area contributed by atoms with E-state index in [4.69, 9.17) is 4.74 Å². The average Bonchev–Trinajstić information content (AvgIpc) is 2.67. The number of para-hydroxylation sites is 1. The van der Waals surface area contributed by atoms with Gasteiger partial charge in [0.25, 0.3) is 11.6 Å². The number of carbonyl (C=O) groups excluding carboxylic acids is 2. The monoisotopic (exact) mass is 399 g/mol. The van der Waals surface area contributed by atoms with Gasteiger partial charge in [-0.15, -0.1) is 0 Å². The van der Waals surface area contributed by atoms with Crippen molar-refractivity contribution in [2.24, 2.45) is 0 Å². The van der Waals surface area contributed by atoms with Gasteiger partial charge in [-0.1, -0.05) is 12.1 Å². The average molecular weight is 399 g/mol. The zero-order valence-electron chi connectivity index (χ0n) is 17.0. The van der Waals surface area contributed by atoms with E-state index in [9.17, 15) is 19.7 Å². The molecule has 0 aliphatic rings. The molecule has 29 heavy (non-hydrogen) atoms. The highest BCUT2D eigenvalue weighted by Gasteiger charge is 2.24. The Morgan fingerprint density at radius 3 is 2.38 bits per heavy atom. The molecule has 8 heteroatoms. The number of amides is 1. The van der Waals surface area contributed by atoms with Crippen molar-refractivity contribution in [3.05, 3.63) is 63.7 Å². The maximum Gasteiger partial charge on any atom is 0.345 e. The zero-order chi connectivity index (χ0) is 21.6. The lowest BCUT2D eigenvalue weighted by Crippen LogP contribution is -2.30. The van der Waals surface area contributed by atoms with Crippen molar-refractivity contribution < 1.29 is 19.2 Å². The molecule has 0 aliphatic carbocycles. The van der Waals surface area contributed by atoms with Crippen LogP contribution in [-0.2, 0) is 9.53 Å². The zero-order valence-corrected chi connectivity index (χ0v) is 17.0. The molecule has 2 aromatic carbocycles. The van der Waals surface area contributed by atoms with Crippen molar-refractivity contribution in [1.82, 2.24) is 0 Å². The van der Waals surface area contributed by atoms with Crippen LogP contribution in [0.4, 0.5) is 17.1 Å². The molecule has 0 aliphatic heterocycles. The van der Waals surface area contributed by atoms with E-state index in [0.29, 0.717) is 17.3 Å². The van der Waals surface area contributed by atoms with Gasteiger partial charge in [0.05, 0.1) is 4.92 Å². The van der Waals surface area contributed by atoms with Crippen LogP contribution in [-0.4, -0.2) is 36.0 Å². The summed E-state index contributed by atoms with van der Waals surface area (Å²) in [5.74, 6) is -1.45. The maximum atomic E-state index is 12.2. The SMILES string of the molecule is CCN(c1ccc(NC(=O)COC(=O)c2cccc(C)c2[N+](=O)[O-])cc1)C(C)C. The minimum absolute atomic E-state index is 0.180. The summed E-state index contributed by atoms with van der Waals surface area (Å²) in [6, 6.07) is 12.1. The van der Waals surface area contributed by atoms with Crippen molar-refractivity contribution in [2.45, 2.75) is 33.7 Å². The van der Waals surface area contributed by atoms with Crippen molar-refractivity contribution in [1.29, 1.82) is 0 Å². The van der Waals surface area contributed by atoms with Gasteiger partial charge in [0.2, 0.25) is 0 Å². The molecule has 1 N–H and O–H groups in total. The Hall–Kier alpha value is -3.42. The van der Waals surface area contributed by atoms with Gasteiger partial charge in [0.1, 0.15) is 5.56 Å². The van der Waals surface area contributed by atoms with Gasteiger partial charge in [0, 0.05) is 29.5 Å².